The van der Waals surface area contributed by atoms with Crippen molar-refractivity contribution in [2.45, 2.75) is 32.6 Å². The molecule has 0 saturated heterocycles. The first-order valence-corrected chi connectivity index (χ1v) is 4.44. The highest BCUT2D eigenvalue weighted by Crippen LogP contribution is 2.13. The zero-order chi connectivity index (χ0) is 9.56. The number of methoxy groups -OCH3 is 2. The quantitative estimate of drug-likeness (QED) is 0.678. The number of ether oxygens (including phenoxy) is 2. The second kappa shape index (κ2) is 8.75. The van der Waals surface area contributed by atoms with Crippen LogP contribution in [0.15, 0.2) is 0 Å². The van der Waals surface area contributed by atoms with Crippen molar-refractivity contribution in [2.75, 3.05) is 21.3 Å². The van der Waals surface area contributed by atoms with Crippen molar-refractivity contribution in [3.05, 3.63) is 0 Å². The Hall–Kier alpha value is 0.170. The van der Waals surface area contributed by atoms with Crippen molar-refractivity contribution in [3.63, 3.8) is 0 Å². The summed E-state index contributed by atoms with van der Waals surface area (Å²) in [7, 11) is 5.27. The molecule has 0 aliphatic rings. The Balaban J connectivity index is 0. The summed E-state index contributed by atoms with van der Waals surface area (Å²) in [5.41, 5.74) is 0. The summed E-state index contributed by atoms with van der Waals surface area (Å²) in [5, 5.41) is 3.20. The van der Waals surface area contributed by atoms with Crippen LogP contribution < -0.4 is 5.32 Å². The molecule has 1 N–H and O–H groups in total. The van der Waals surface area contributed by atoms with Gasteiger partial charge in [0.2, 0.25) is 0 Å². The van der Waals surface area contributed by atoms with Gasteiger partial charge in [-0.25, -0.2) is 0 Å². The van der Waals surface area contributed by atoms with Gasteiger partial charge in [0.05, 0.1) is 6.04 Å². The molecule has 0 heterocycles. The van der Waals surface area contributed by atoms with E-state index < -0.39 is 0 Å². The molecule has 0 aliphatic carbocycles. The normalized spacial score (nSPS) is 15.2. The van der Waals surface area contributed by atoms with Gasteiger partial charge in [-0.3, -0.25) is 0 Å². The van der Waals surface area contributed by atoms with Crippen LogP contribution in [-0.4, -0.2) is 33.6 Å². The molecule has 13 heavy (non-hydrogen) atoms. The molecule has 0 amide bonds. The molecule has 0 aliphatic heterocycles. The molecule has 0 saturated carbocycles. The molecule has 3 nitrogen and oxygen atoms in total. The van der Waals surface area contributed by atoms with Gasteiger partial charge in [-0.2, -0.15) is 0 Å². The summed E-state index contributed by atoms with van der Waals surface area (Å²) in [6.07, 6.45) is 0.972. The topological polar surface area (TPSA) is 30.5 Å². The Morgan fingerprint density at radius 2 is 1.69 bits per heavy atom. The lowest BCUT2D eigenvalue weighted by molar-refractivity contribution is -0.130. The number of rotatable bonds is 6. The first-order chi connectivity index (χ1) is 5.71. The summed E-state index contributed by atoms with van der Waals surface area (Å²) in [6, 6.07) is 0.269. The average Bonchev–Trinajstić information content (AvgIpc) is 2.12. The zero-order valence-electron chi connectivity index (χ0n) is 9.16. The Morgan fingerprint density at radius 3 is 1.92 bits per heavy atom. The van der Waals surface area contributed by atoms with Crippen LogP contribution >= 0.6 is 12.4 Å². The molecule has 0 fully saturated rings. The minimum Gasteiger partial charge on any atom is -0.354 e. The van der Waals surface area contributed by atoms with Crippen LogP contribution in [0.3, 0.4) is 0 Å². The molecule has 0 aromatic heterocycles. The van der Waals surface area contributed by atoms with E-state index >= 15 is 0 Å². The van der Waals surface area contributed by atoms with Gasteiger partial charge >= 0.3 is 0 Å². The van der Waals surface area contributed by atoms with E-state index in [9.17, 15) is 0 Å². The molecule has 0 aromatic rings. The molecule has 0 bridgehead atoms. The molecule has 0 unspecified atom stereocenters. The van der Waals surface area contributed by atoms with Crippen molar-refractivity contribution >= 4 is 12.4 Å². The molecule has 0 aromatic carbocycles. The van der Waals surface area contributed by atoms with Gasteiger partial charge in [-0.15, -0.1) is 12.4 Å². The molecular weight excluding hydrogens is 190 g/mol. The number of hydrogen-bond donors (Lipinski definition) is 1. The van der Waals surface area contributed by atoms with E-state index in [-0.39, 0.29) is 24.7 Å². The fourth-order valence-corrected chi connectivity index (χ4v) is 1.33. The summed E-state index contributed by atoms with van der Waals surface area (Å²) >= 11 is 0. The Labute approximate surface area is 87.6 Å². The van der Waals surface area contributed by atoms with Gasteiger partial charge < -0.3 is 14.8 Å². The first-order valence-electron chi connectivity index (χ1n) is 4.44. The zero-order valence-corrected chi connectivity index (χ0v) is 9.98. The average molecular weight is 212 g/mol. The van der Waals surface area contributed by atoms with Gasteiger partial charge in [-0.05, 0) is 13.0 Å². The standard InChI is InChI=1S/C9H21NO2.ClH/c1-6-7(2)8(10-3)9(11-4)12-5;/h7-10H,6H2,1-5H3;1H/t7-,8-;/m0./s1. The molecule has 0 spiro atoms. The van der Waals surface area contributed by atoms with Crippen LogP contribution in [0.25, 0.3) is 0 Å². The smallest absolute Gasteiger partial charge is 0.172 e. The van der Waals surface area contributed by atoms with Crippen LogP contribution in [0.2, 0.25) is 0 Å². The second-order valence-corrected chi connectivity index (χ2v) is 3.04. The van der Waals surface area contributed by atoms with E-state index in [0.29, 0.717) is 5.92 Å². The number of halogens is 1. The lowest BCUT2D eigenvalue weighted by Crippen LogP contribution is -2.44. The largest absolute Gasteiger partial charge is 0.354 e. The van der Waals surface area contributed by atoms with Crippen molar-refractivity contribution in [3.8, 4) is 0 Å². The van der Waals surface area contributed by atoms with Crippen LogP contribution in [0, 0.1) is 5.92 Å². The van der Waals surface area contributed by atoms with Gasteiger partial charge in [0.25, 0.3) is 0 Å². The van der Waals surface area contributed by atoms with Gasteiger partial charge in [0, 0.05) is 14.2 Å². The molecule has 82 valence electrons. The summed E-state index contributed by atoms with van der Waals surface area (Å²) in [6.45, 7) is 4.35. The maximum atomic E-state index is 5.19. The number of hydrogen-bond acceptors (Lipinski definition) is 3. The van der Waals surface area contributed by atoms with Gasteiger partial charge in [0.15, 0.2) is 6.29 Å². The number of likely N-dealkylation sites (N-methyl/N-ethyl adjacent to an activating group) is 1. The van der Waals surface area contributed by atoms with Gasteiger partial charge in [-0.1, -0.05) is 20.3 Å². The fourth-order valence-electron chi connectivity index (χ4n) is 1.33. The second-order valence-electron chi connectivity index (χ2n) is 3.04. The Bertz CT molecular complexity index is 110. The molecule has 0 rings (SSSR count). The predicted molar refractivity (Wildman–Crippen MR) is 57.4 cm³/mol. The van der Waals surface area contributed by atoms with E-state index in [1.54, 1.807) is 14.2 Å². The van der Waals surface area contributed by atoms with Crippen LogP contribution in [0.5, 0.6) is 0 Å². The SMILES string of the molecule is CC[C@H](C)[C@H](NC)C(OC)OC.Cl. The van der Waals surface area contributed by atoms with E-state index in [1.807, 2.05) is 7.05 Å². The maximum Gasteiger partial charge on any atom is 0.172 e. The lowest BCUT2D eigenvalue weighted by atomic mass is 9.99. The highest BCUT2D eigenvalue weighted by Gasteiger charge is 2.23. The Morgan fingerprint density at radius 1 is 1.23 bits per heavy atom. The molecule has 4 heteroatoms. The van der Waals surface area contributed by atoms with Crippen LogP contribution in [-0.2, 0) is 9.47 Å². The minimum absolute atomic E-state index is 0. The maximum absolute atomic E-state index is 5.19. The third-order valence-corrected chi connectivity index (χ3v) is 2.35. The third-order valence-electron chi connectivity index (χ3n) is 2.35. The lowest BCUT2D eigenvalue weighted by Gasteiger charge is -2.28. The minimum atomic E-state index is -0.148. The molecule has 2 atom stereocenters. The van der Waals surface area contributed by atoms with E-state index in [4.69, 9.17) is 9.47 Å². The fraction of sp³-hybridized carbons (Fsp3) is 1.00. The van der Waals surface area contributed by atoms with Crippen LogP contribution in [0.4, 0.5) is 0 Å². The van der Waals surface area contributed by atoms with Crippen molar-refractivity contribution in [1.82, 2.24) is 5.32 Å². The van der Waals surface area contributed by atoms with Crippen LogP contribution in [0.1, 0.15) is 20.3 Å². The highest BCUT2D eigenvalue weighted by molar-refractivity contribution is 5.85. The van der Waals surface area contributed by atoms with Crippen molar-refractivity contribution in [1.29, 1.82) is 0 Å². The number of nitrogens with one attached hydrogen (secondary N) is 1. The van der Waals surface area contributed by atoms with Gasteiger partial charge in [0.1, 0.15) is 0 Å². The first kappa shape index (κ1) is 15.6. The van der Waals surface area contributed by atoms with Crippen molar-refractivity contribution in [2.24, 2.45) is 5.92 Å². The summed E-state index contributed by atoms with van der Waals surface area (Å²) < 4.78 is 10.4. The third kappa shape index (κ3) is 4.81. The highest BCUT2D eigenvalue weighted by atomic mass is 35.5. The molecular formula is C9H22ClNO2. The predicted octanol–water partition coefficient (Wildman–Crippen LogP) is 1.66. The summed E-state index contributed by atoms with van der Waals surface area (Å²) in [5.74, 6) is 0.555. The summed E-state index contributed by atoms with van der Waals surface area (Å²) in [4.78, 5) is 0. The molecule has 0 radical (unpaired) electrons. The van der Waals surface area contributed by atoms with Crippen molar-refractivity contribution < 1.29 is 9.47 Å². The van der Waals surface area contributed by atoms with E-state index in [0.717, 1.165) is 6.42 Å². The van der Waals surface area contributed by atoms with E-state index in [1.165, 1.54) is 0 Å². The Kier molecular flexibility index (Phi) is 10.5. The monoisotopic (exact) mass is 211 g/mol. The van der Waals surface area contributed by atoms with E-state index in [2.05, 4.69) is 19.2 Å².